The lowest BCUT2D eigenvalue weighted by Gasteiger charge is -2.23. The zero-order valence-corrected chi connectivity index (χ0v) is 29.0. The van der Waals surface area contributed by atoms with Crippen LogP contribution < -0.4 is 11.1 Å². The first-order valence-electron chi connectivity index (χ1n) is 17.6. The summed E-state index contributed by atoms with van der Waals surface area (Å²) in [6.07, 6.45) is 35.0. The second kappa shape index (κ2) is 31.7. The van der Waals surface area contributed by atoms with Gasteiger partial charge in [-0.3, -0.25) is 13.8 Å². The maximum Gasteiger partial charge on any atom is 0.472 e. The molecule has 0 heterocycles. The number of phosphoric acid groups is 1. The SMILES string of the molecule is C/C=C/CC/C=C/CC/C=C/C(O)C(COP(=O)(O)OCCN)NC(=O)CCCCCCCCCCCCCCCCCC. The van der Waals surface area contributed by atoms with Crippen molar-refractivity contribution in [3.05, 3.63) is 36.5 Å². The van der Waals surface area contributed by atoms with Crippen molar-refractivity contribution in [3.8, 4) is 0 Å². The van der Waals surface area contributed by atoms with E-state index in [1.807, 2.05) is 19.1 Å². The summed E-state index contributed by atoms with van der Waals surface area (Å²) >= 11 is 0. The van der Waals surface area contributed by atoms with E-state index in [2.05, 4.69) is 30.5 Å². The average Bonchev–Trinajstić information content (AvgIpc) is 3.01. The third kappa shape index (κ3) is 29.4. The molecule has 9 heteroatoms. The molecule has 8 nitrogen and oxygen atoms in total. The molecule has 0 aromatic rings. The molecule has 258 valence electrons. The van der Waals surface area contributed by atoms with Gasteiger partial charge in [0, 0.05) is 13.0 Å². The van der Waals surface area contributed by atoms with Crippen molar-refractivity contribution >= 4 is 13.7 Å². The lowest BCUT2D eigenvalue weighted by Crippen LogP contribution is -2.45. The van der Waals surface area contributed by atoms with Crippen LogP contribution in [-0.2, 0) is 18.4 Å². The van der Waals surface area contributed by atoms with E-state index in [0.717, 1.165) is 44.9 Å². The summed E-state index contributed by atoms with van der Waals surface area (Å²) in [5, 5.41) is 13.5. The van der Waals surface area contributed by atoms with Crippen molar-refractivity contribution in [2.75, 3.05) is 19.8 Å². The van der Waals surface area contributed by atoms with Crippen molar-refractivity contribution < 1.29 is 28.4 Å². The molecular formula is C35H67N2O6P. The highest BCUT2D eigenvalue weighted by atomic mass is 31.2. The molecule has 1 amide bonds. The van der Waals surface area contributed by atoms with Crippen LogP contribution in [0.4, 0.5) is 0 Å². The second-order valence-electron chi connectivity index (χ2n) is 11.7. The highest BCUT2D eigenvalue weighted by Gasteiger charge is 2.26. The molecule has 0 aliphatic carbocycles. The minimum Gasteiger partial charge on any atom is -0.387 e. The van der Waals surface area contributed by atoms with Crippen LogP contribution in [0.15, 0.2) is 36.5 Å². The van der Waals surface area contributed by atoms with Gasteiger partial charge in [0.25, 0.3) is 0 Å². The van der Waals surface area contributed by atoms with Crippen LogP contribution in [0.2, 0.25) is 0 Å². The molecule has 0 aromatic heterocycles. The highest BCUT2D eigenvalue weighted by Crippen LogP contribution is 2.43. The Balaban J connectivity index is 4.28. The maximum atomic E-state index is 12.6. The van der Waals surface area contributed by atoms with Crippen LogP contribution >= 0.6 is 7.82 Å². The monoisotopic (exact) mass is 642 g/mol. The number of amides is 1. The number of phosphoric ester groups is 1. The zero-order valence-electron chi connectivity index (χ0n) is 28.1. The van der Waals surface area contributed by atoms with Gasteiger partial charge in [0.1, 0.15) is 0 Å². The fourth-order valence-corrected chi connectivity index (χ4v) is 5.63. The number of aliphatic hydroxyl groups excluding tert-OH is 1. The summed E-state index contributed by atoms with van der Waals surface area (Å²) in [4.78, 5) is 22.5. The van der Waals surface area contributed by atoms with Gasteiger partial charge >= 0.3 is 7.82 Å². The molecule has 5 N–H and O–H groups in total. The Kier molecular flexibility index (Phi) is 30.8. The van der Waals surface area contributed by atoms with Gasteiger partial charge in [0.15, 0.2) is 0 Å². The Labute approximate surface area is 269 Å². The Hall–Kier alpha value is -1.28. The Morgan fingerprint density at radius 1 is 0.773 bits per heavy atom. The Morgan fingerprint density at radius 3 is 1.75 bits per heavy atom. The molecule has 3 unspecified atom stereocenters. The summed E-state index contributed by atoms with van der Waals surface area (Å²) < 4.78 is 21.9. The molecular weight excluding hydrogens is 575 g/mol. The van der Waals surface area contributed by atoms with Gasteiger partial charge in [-0.2, -0.15) is 0 Å². The van der Waals surface area contributed by atoms with Crippen LogP contribution in [0.1, 0.15) is 149 Å². The first-order chi connectivity index (χ1) is 21.4. The normalized spacial score (nSPS) is 14.9. The summed E-state index contributed by atoms with van der Waals surface area (Å²) in [5.41, 5.74) is 5.33. The van der Waals surface area contributed by atoms with Crippen molar-refractivity contribution in [1.29, 1.82) is 0 Å². The Morgan fingerprint density at radius 2 is 1.25 bits per heavy atom. The van der Waals surface area contributed by atoms with E-state index in [1.165, 1.54) is 83.5 Å². The van der Waals surface area contributed by atoms with Gasteiger partial charge in [-0.1, -0.05) is 140 Å². The second-order valence-corrected chi connectivity index (χ2v) is 13.2. The third-order valence-corrected chi connectivity index (χ3v) is 8.53. The molecule has 0 spiro atoms. The number of rotatable bonds is 32. The largest absolute Gasteiger partial charge is 0.472 e. The van der Waals surface area contributed by atoms with E-state index < -0.39 is 20.0 Å². The topological polar surface area (TPSA) is 131 Å². The fraction of sp³-hybridized carbons (Fsp3) is 0.800. The van der Waals surface area contributed by atoms with E-state index in [4.69, 9.17) is 14.8 Å². The van der Waals surface area contributed by atoms with Crippen molar-refractivity contribution in [2.45, 2.75) is 161 Å². The average molecular weight is 643 g/mol. The number of aliphatic hydroxyl groups is 1. The molecule has 44 heavy (non-hydrogen) atoms. The standard InChI is InChI=1S/C35H67N2O6P/c1-3-5-7-9-11-13-14-15-16-17-18-19-21-23-25-27-29-35(39)37-33(32-43-44(40,41)42-31-30-36)34(38)28-26-24-22-20-12-10-8-6-4-2/h4,6,12,20,26,28,33-34,38H,3,5,7-11,13-19,21-25,27,29-32,36H2,1-2H3,(H,37,39)(H,40,41)/b6-4+,20-12+,28-26+. The van der Waals surface area contributed by atoms with Gasteiger partial charge in [-0.05, 0) is 39.0 Å². The number of hydrogen-bond acceptors (Lipinski definition) is 6. The summed E-state index contributed by atoms with van der Waals surface area (Å²) in [5.74, 6) is -0.212. The molecule has 0 rings (SSSR count). The quantitative estimate of drug-likeness (QED) is 0.0328. The number of nitrogens with two attached hydrogens (primary N) is 1. The molecule has 0 aliphatic heterocycles. The highest BCUT2D eigenvalue weighted by molar-refractivity contribution is 7.47. The minimum atomic E-state index is -4.33. The minimum absolute atomic E-state index is 0.0719. The lowest BCUT2D eigenvalue weighted by molar-refractivity contribution is -0.123. The van der Waals surface area contributed by atoms with Crippen LogP contribution in [0.5, 0.6) is 0 Å². The van der Waals surface area contributed by atoms with Crippen LogP contribution in [-0.4, -0.2) is 47.8 Å². The van der Waals surface area contributed by atoms with Gasteiger partial charge in [0.2, 0.25) is 5.91 Å². The Bertz CT molecular complexity index is 789. The number of unbranched alkanes of at least 4 members (excludes halogenated alkanes) is 17. The van der Waals surface area contributed by atoms with Gasteiger partial charge in [-0.25, -0.2) is 4.57 Å². The number of allylic oxidation sites excluding steroid dienone is 5. The van der Waals surface area contributed by atoms with Crippen LogP contribution in [0.25, 0.3) is 0 Å². The number of hydrogen-bond donors (Lipinski definition) is 4. The van der Waals surface area contributed by atoms with Crippen molar-refractivity contribution in [2.24, 2.45) is 5.73 Å². The van der Waals surface area contributed by atoms with E-state index in [1.54, 1.807) is 6.08 Å². The summed E-state index contributed by atoms with van der Waals surface area (Å²) in [6.45, 7) is 3.85. The molecule has 0 radical (unpaired) electrons. The predicted molar refractivity (Wildman–Crippen MR) is 184 cm³/mol. The summed E-state index contributed by atoms with van der Waals surface area (Å²) in [7, 11) is -4.33. The van der Waals surface area contributed by atoms with Crippen molar-refractivity contribution in [1.82, 2.24) is 5.32 Å². The molecule has 0 saturated carbocycles. The first kappa shape index (κ1) is 42.7. The number of nitrogens with one attached hydrogen (secondary N) is 1. The fourth-order valence-electron chi connectivity index (χ4n) is 4.88. The van der Waals surface area contributed by atoms with Gasteiger partial charge in [-0.15, -0.1) is 0 Å². The molecule has 0 aliphatic rings. The van der Waals surface area contributed by atoms with E-state index in [0.29, 0.717) is 6.42 Å². The number of carbonyl (C=O) groups is 1. The van der Waals surface area contributed by atoms with E-state index in [-0.39, 0.29) is 25.7 Å². The van der Waals surface area contributed by atoms with Gasteiger partial charge < -0.3 is 21.1 Å². The maximum absolute atomic E-state index is 12.6. The van der Waals surface area contributed by atoms with Gasteiger partial charge in [0.05, 0.1) is 25.4 Å². The molecule has 0 aromatic carbocycles. The third-order valence-electron chi connectivity index (χ3n) is 7.54. The predicted octanol–water partition coefficient (Wildman–Crippen LogP) is 8.82. The molecule has 0 saturated heterocycles. The lowest BCUT2D eigenvalue weighted by atomic mass is 10.0. The first-order valence-corrected chi connectivity index (χ1v) is 19.1. The van der Waals surface area contributed by atoms with Crippen LogP contribution in [0, 0.1) is 0 Å². The molecule has 0 fully saturated rings. The van der Waals surface area contributed by atoms with Crippen LogP contribution in [0.3, 0.4) is 0 Å². The molecule has 0 bridgehead atoms. The zero-order chi connectivity index (χ0) is 32.6. The molecule has 3 atom stereocenters. The number of carbonyl (C=O) groups excluding carboxylic acids is 1. The summed E-state index contributed by atoms with van der Waals surface area (Å²) in [6, 6.07) is -0.877. The smallest absolute Gasteiger partial charge is 0.387 e. The van der Waals surface area contributed by atoms with E-state index in [9.17, 15) is 19.4 Å². The van der Waals surface area contributed by atoms with E-state index >= 15 is 0 Å². The van der Waals surface area contributed by atoms with Crippen molar-refractivity contribution in [3.63, 3.8) is 0 Å².